The Labute approximate surface area is 189 Å². The van der Waals surface area contributed by atoms with E-state index in [9.17, 15) is 4.79 Å². The molecule has 162 valence electrons. The Bertz CT molecular complexity index is 1270. The van der Waals surface area contributed by atoms with Crippen LogP contribution in [0.2, 0.25) is 0 Å². The summed E-state index contributed by atoms with van der Waals surface area (Å²) in [7, 11) is 0. The van der Waals surface area contributed by atoms with Crippen LogP contribution >= 0.6 is 0 Å². The molecule has 5 rings (SSSR count). The molecule has 2 heterocycles. The van der Waals surface area contributed by atoms with Gasteiger partial charge in [-0.05, 0) is 47.7 Å². The van der Waals surface area contributed by atoms with Crippen LogP contribution in [-0.4, -0.2) is 22.0 Å². The number of amides is 1. The quantitative estimate of drug-likeness (QED) is 0.393. The molecule has 0 spiro atoms. The SMILES string of the molecule is Cc1ccccc1N1C[C@H](c2nc3ccccc3n2Cc2ccc(C(C)C)cc2)CC1=O. The van der Waals surface area contributed by atoms with Gasteiger partial charge in [-0.25, -0.2) is 4.98 Å². The number of carbonyl (C=O) groups excluding carboxylic acids is 1. The number of hydrogen-bond acceptors (Lipinski definition) is 2. The highest BCUT2D eigenvalue weighted by atomic mass is 16.2. The first kappa shape index (κ1) is 20.5. The summed E-state index contributed by atoms with van der Waals surface area (Å²) in [5, 5.41) is 0. The zero-order valence-corrected chi connectivity index (χ0v) is 19.0. The molecule has 4 nitrogen and oxygen atoms in total. The predicted molar refractivity (Wildman–Crippen MR) is 130 cm³/mol. The number of para-hydroxylation sites is 3. The van der Waals surface area contributed by atoms with Gasteiger partial charge in [-0.3, -0.25) is 4.79 Å². The lowest BCUT2D eigenvalue weighted by atomic mass is 10.0. The Balaban J connectivity index is 1.50. The largest absolute Gasteiger partial charge is 0.323 e. The first-order valence-electron chi connectivity index (χ1n) is 11.4. The lowest BCUT2D eigenvalue weighted by Crippen LogP contribution is -2.25. The van der Waals surface area contributed by atoms with Crippen LogP contribution in [0.4, 0.5) is 5.69 Å². The number of fused-ring (bicyclic) bond motifs is 1. The third kappa shape index (κ3) is 3.70. The zero-order valence-electron chi connectivity index (χ0n) is 19.0. The number of imidazole rings is 1. The normalized spacial score (nSPS) is 16.4. The van der Waals surface area contributed by atoms with Crippen molar-refractivity contribution in [3.05, 3.63) is 95.3 Å². The molecule has 1 atom stereocenters. The Morgan fingerprint density at radius 1 is 0.969 bits per heavy atom. The van der Waals surface area contributed by atoms with Crippen molar-refractivity contribution >= 4 is 22.6 Å². The number of aromatic nitrogens is 2. The van der Waals surface area contributed by atoms with E-state index in [4.69, 9.17) is 4.98 Å². The minimum atomic E-state index is 0.0736. The molecule has 3 aromatic carbocycles. The molecule has 0 N–H and O–H groups in total. The van der Waals surface area contributed by atoms with Crippen molar-refractivity contribution in [2.24, 2.45) is 0 Å². The third-order valence-electron chi connectivity index (χ3n) is 6.57. The van der Waals surface area contributed by atoms with Gasteiger partial charge in [0.25, 0.3) is 0 Å². The number of anilines is 1. The van der Waals surface area contributed by atoms with Gasteiger partial charge in [-0.1, -0.05) is 68.4 Å². The molecule has 0 radical (unpaired) electrons. The van der Waals surface area contributed by atoms with Crippen molar-refractivity contribution in [1.29, 1.82) is 0 Å². The number of hydrogen-bond donors (Lipinski definition) is 0. The Morgan fingerprint density at radius 3 is 2.44 bits per heavy atom. The Hall–Kier alpha value is -3.40. The third-order valence-corrected chi connectivity index (χ3v) is 6.57. The van der Waals surface area contributed by atoms with Crippen molar-refractivity contribution in [2.45, 2.75) is 45.6 Å². The number of nitrogens with zero attached hydrogens (tertiary/aromatic N) is 3. The molecule has 4 aromatic rings. The average Bonchev–Trinajstić information content (AvgIpc) is 3.35. The molecule has 0 unspecified atom stereocenters. The lowest BCUT2D eigenvalue weighted by Gasteiger charge is -2.19. The number of rotatable bonds is 5. The summed E-state index contributed by atoms with van der Waals surface area (Å²) in [6.07, 6.45) is 0.490. The fraction of sp³-hybridized carbons (Fsp3) is 0.286. The van der Waals surface area contributed by atoms with Crippen molar-refractivity contribution in [2.75, 3.05) is 11.4 Å². The first-order valence-corrected chi connectivity index (χ1v) is 11.4. The van der Waals surface area contributed by atoms with Crippen molar-refractivity contribution < 1.29 is 4.79 Å². The van der Waals surface area contributed by atoms with Gasteiger partial charge < -0.3 is 9.47 Å². The maximum Gasteiger partial charge on any atom is 0.227 e. The number of benzene rings is 3. The molecular formula is C28H29N3O. The van der Waals surface area contributed by atoms with Gasteiger partial charge in [-0.15, -0.1) is 0 Å². The van der Waals surface area contributed by atoms with Crippen LogP contribution in [0.1, 0.15) is 54.6 Å². The maximum absolute atomic E-state index is 13.0. The van der Waals surface area contributed by atoms with Crippen molar-refractivity contribution in [3.63, 3.8) is 0 Å². The molecular weight excluding hydrogens is 394 g/mol. The van der Waals surface area contributed by atoms with Crippen molar-refractivity contribution in [3.8, 4) is 0 Å². The highest BCUT2D eigenvalue weighted by Crippen LogP contribution is 2.34. The molecule has 32 heavy (non-hydrogen) atoms. The lowest BCUT2D eigenvalue weighted by molar-refractivity contribution is -0.117. The van der Waals surface area contributed by atoms with Crippen LogP contribution in [0.15, 0.2) is 72.8 Å². The molecule has 1 aliphatic heterocycles. The average molecular weight is 424 g/mol. The Morgan fingerprint density at radius 2 is 1.69 bits per heavy atom. The van der Waals surface area contributed by atoms with E-state index in [1.165, 1.54) is 11.1 Å². The topological polar surface area (TPSA) is 38.1 Å². The van der Waals surface area contributed by atoms with Crippen LogP contribution < -0.4 is 4.90 Å². The van der Waals surface area contributed by atoms with E-state index >= 15 is 0 Å². The van der Waals surface area contributed by atoms with Crippen LogP contribution in [-0.2, 0) is 11.3 Å². The van der Waals surface area contributed by atoms with Crippen LogP contribution in [0.25, 0.3) is 11.0 Å². The summed E-state index contributed by atoms with van der Waals surface area (Å²) in [6.45, 7) is 7.91. The molecule has 4 heteroatoms. The van der Waals surface area contributed by atoms with E-state index in [0.29, 0.717) is 18.9 Å². The van der Waals surface area contributed by atoms with Gasteiger partial charge in [0, 0.05) is 31.1 Å². The molecule has 1 fully saturated rings. The van der Waals surface area contributed by atoms with Crippen LogP contribution in [0.5, 0.6) is 0 Å². The molecule has 0 saturated carbocycles. The number of aryl methyl sites for hydroxylation is 1. The van der Waals surface area contributed by atoms with Gasteiger partial charge >= 0.3 is 0 Å². The first-order chi connectivity index (χ1) is 15.5. The molecule has 1 saturated heterocycles. The summed E-state index contributed by atoms with van der Waals surface area (Å²) in [5.74, 6) is 1.77. The molecule has 1 aromatic heterocycles. The predicted octanol–water partition coefficient (Wildman–Crippen LogP) is 6.04. The second-order valence-electron chi connectivity index (χ2n) is 9.13. The van der Waals surface area contributed by atoms with Gasteiger partial charge in [0.15, 0.2) is 0 Å². The van der Waals surface area contributed by atoms with Crippen LogP contribution in [0, 0.1) is 6.92 Å². The van der Waals surface area contributed by atoms with E-state index in [0.717, 1.165) is 34.7 Å². The second-order valence-corrected chi connectivity index (χ2v) is 9.13. The van der Waals surface area contributed by atoms with Gasteiger partial charge in [0.1, 0.15) is 5.82 Å². The summed E-state index contributed by atoms with van der Waals surface area (Å²) >= 11 is 0. The van der Waals surface area contributed by atoms with Gasteiger partial charge in [0.2, 0.25) is 5.91 Å². The van der Waals surface area contributed by atoms with Crippen molar-refractivity contribution in [1.82, 2.24) is 9.55 Å². The van der Waals surface area contributed by atoms with Gasteiger partial charge in [-0.2, -0.15) is 0 Å². The van der Waals surface area contributed by atoms with E-state index in [1.54, 1.807) is 0 Å². The zero-order chi connectivity index (χ0) is 22.2. The highest BCUT2D eigenvalue weighted by Gasteiger charge is 2.35. The minimum absolute atomic E-state index is 0.0736. The van der Waals surface area contributed by atoms with E-state index < -0.39 is 0 Å². The summed E-state index contributed by atoms with van der Waals surface area (Å²) in [5.41, 5.74) is 6.84. The number of carbonyl (C=O) groups is 1. The summed E-state index contributed by atoms with van der Waals surface area (Å²) in [6, 6.07) is 25.3. The monoisotopic (exact) mass is 423 g/mol. The van der Waals surface area contributed by atoms with Crippen LogP contribution in [0.3, 0.4) is 0 Å². The smallest absolute Gasteiger partial charge is 0.227 e. The second kappa shape index (κ2) is 8.27. The maximum atomic E-state index is 13.0. The summed E-state index contributed by atoms with van der Waals surface area (Å²) < 4.78 is 2.30. The van der Waals surface area contributed by atoms with E-state index in [-0.39, 0.29) is 11.8 Å². The molecule has 1 aliphatic rings. The minimum Gasteiger partial charge on any atom is -0.323 e. The highest BCUT2D eigenvalue weighted by molar-refractivity contribution is 5.97. The molecule has 0 bridgehead atoms. The molecule has 1 amide bonds. The molecule has 0 aliphatic carbocycles. The fourth-order valence-electron chi connectivity index (χ4n) is 4.74. The fourth-order valence-corrected chi connectivity index (χ4v) is 4.74. The van der Waals surface area contributed by atoms with E-state index in [2.05, 4.69) is 73.9 Å². The summed E-state index contributed by atoms with van der Waals surface area (Å²) in [4.78, 5) is 19.9. The Kier molecular flexibility index (Phi) is 5.30. The van der Waals surface area contributed by atoms with Gasteiger partial charge in [0.05, 0.1) is 11.0 Å². The standard InChI is InChI=1S/C28H29N3O/c1-19(2)22-14-12-21(13-15-22)17-31-26-11-7-5-9-24(26)29-28(31)23-16-27(32)30(18-23)25-10-6-4-8-20(25)3/h4-15,19,23H,16-18H2,1-3H3/t23-/m1/s1. The van der Waals surface area contributed by atoms with E-state index in [1.807, 2.05) is 29.2 Å².